The van der Waals surface area contributed by atoms with Crippen molar-refractivity contribution in [1.82, 2.24) is 5.32 Å². The summed E-state index contributed by atoms with van der Waals surface area (Å²) in [6.45, 7) is 5.03. The molecule has 2 aromatic rings. The quantitative estimate of drug-likeness (QED) is 0.750. The van der Waals surface area contributed by atoms with E-state index in [4.69, 9.17) is 11.6 Å². The van der Waals surface area contributed by atoms with Gasteiger partial charge in [-0.3, -0.25) is 4.79 Å². The molecule has 122 valence electrons. The van der Waals surface area contributed by atoms with Gasteiger partial charge in [-0.15, -0.1) is 0 Å². The van der Waals surface area contributed by atoms with Crippen LogP contribution < -0.4 is 10.6 Å². The lowest BCUT2D eigenvalue weighted by Crippen LogP contribution is -2.29. The van der Waals surface area contributed by atoms with Gasteiger partial charge in [0.05, 0.1) is 17.3 Å². The van der Waals surface area contributed by atoms with Crippen molar-refractivity contribution in [3.05, 3.63) is 64.2 Å². The fourth-order valence-electron chi connectivity index (χ4n) is 2.52. The molecule has 0 unspecified atom stereocenters. The van der Waals surface area contributed by atoms with E-state index in [1.54, 1.807) is 0 Å². The van der Waals surface area contributed by atoms with E-state index < -0.39 is 0 Å². The predicted molar refractivity (Wildman–Crippen MR) is 97.2 cm³/mol. The zero-order valence-corrected chi connectivity index (χ0v) is 14.4. The summed E-state index contributed by atoms with van der Waals surface area (Å²) in [6, 6.07) is 14.2. The number of aryl methyl sites for hydroxylation is 3. The highest BCUT2D eigenvalue weighted by molar-refractivity contribution is 6.34. The molecule has 1 amide bonds. The van der Waals surface area contributed by atoms with E-state index in [0.29, 0.717) is 17.3 Å². The Morgan fingerprint density at radius 3 is 2.57 bits per heavy atom. The van der Waals surface area contributed by atoms with Gasteiger partial charge in [-0.25, -0.2) is 0 Å². The van der Waals surface area contributed by atoms with Crippen molar-refractivity contribution in [3.8, 4) is 0 Å². The van der Waals surface area contributed by atoms with E-state index in [9.17, 15) is 4.79 Å². The van der Waals surface area contributed by atoms with Gasteiger partial charge in [0, 0.05) is 0 Å². The zero-order chi connectivity index (χ0) is 16.7. The largest absolute Gasteiger partial charge is 0.323 e. The average Bonchev–Trinajstić information content (AvgIpc) is 2.51. The van der Waals surface area contributed by atoms with Crippen LogP contribution in [0.15, 0.2) is 42.5 Å². The normalized spacial score (nSPS) is 10.6. The third-order valence-corrected chi connectivity index (χ3v) is 3.94. The van der Waals surface area contributed by atoms with Crippen molar-refractivity contribution in [2.75, 3.05) is 18.4 Å². The summed E-state index contributed by atoms with van der Waals surface area (Å²) in [4.78, 5) is 12.0. The third-order valence-electron chi connectivity index (χ3n) is 3.64. The number of nitrogens with one attached hydrogen (secondary N) is 2. The Morgan fingerprint density at radius 1 is 1.13 bits per heavy atom. The molecule has 0 aliphatic rings. The molecule has 0 aromatic heterocycles. The molecule has 4 heteroatoms. The Morgan fingerprint density at radius 2 is 1.87 bits per heavy atom. The van der Waals surface area contributed by atoms with Crippen LogP contribution >= 0.6 is 11.6 Å². The number of halogens is 1. The molecule has 0 bridgehead atoms. The Balaban J connectivity index is 1.71. The Labute approximate surface area is 143 Å². The van der Waals surface area contributed by atoms with E-state index in [-0.39, 0.29) is 5.91 Å². The second-order valence-electron chi connectivity index (χ2n) is 5.75. The summed E-state index contributed by atoms with van der Waals surface area (Å²) in [5.74, 6) is -0.0708. The Hall–Kier alpha value is -1.84. The first-order valence-corrected chi connectivity index (χ1v) is 8.25. The van der Waals surface area contributed by atoms with Gasteiger partial charge < -0.3 is 10.6 Å². The average molecular weight is 331 g/mol. The molecule has 2 rings (SSSR count). The molecule has 0 fully saturated rings. The summed E-state index contributed by atoms with van der Waals surface area (Å²) in [5, 5.41) is 6.64. The smallest absolute Gasteiger partial charge is 0.238 e. The first-order chi connectivity index (χ1) is 11.1. The van der Waals surface area contributed by atoms with Crippen LogP contribution in [0.4, 0.5) is 5.69 Å². The van der Waals surface area contributed by atoms with E-state index in [1.165, 1.54) is 5.56 Å². The first kappa shape index (κ1) is 17.5. The van der Waals surface area contributed by atoms with Gasteiger partial charge in [0.25, 0.3) is 0 Å². The van der Waals surface area contributed by atoms with E-state index in [2.05, 4.69) is 22.8 Å². The number of carbonyl (C=O) groups excluding carboxylic acids is 1. The van der Waals surface area contributed by atoms with Gasteiger partial charge in [0.1, 0.15) is 0 Å². The number of rotatable bonds is 7. The molecule has 0 saturated carbocycles. The van der Waals surface area contributed by atoms with Gasteiger partial charge in [-0.1, -0.05) is 48.0 Å². The van der Waals surface area contributed by atoms with Crippen molar-refractivity contribution in [2.45, 2.75) is 26.7 Å². The Kier molecular flexibility index (Phi) is 6.63. The maximum atomic E-state index is 12.0. The molecule has 0 saturated heterocycles. The monoisotopic (exact) mass is 330 g/mol. The van der Waals surface area contributed by atoms with Gasteiger partial charge in [0.2, 0.25) is 5.91 Å². The summed E-state index contributed by atoms with van der Waals surface area (Å²) in [6.07, 6.45) is 2.01. The third kappa shape index (κ3) is 5.70. The highest BCUT2D eigenvalue weighted by atomic mass is 35.5. The molecule has 0 radical (unpaired) electrons. The fraction of sp³-hybridized carbons (Fsp3) is 0.316. The highest BCUT2D eigenvalue weighted by Gasteiger charge is 2.09. The maximum absolute atomic E-state index is 12.0. The molecular formula is C19H23ClN2O. The predicted octanol–water partition coefficient (Wildman–Crippen LogP) is 4.12. The number of carbonyl (C=O) groups is 1. The summed E-state index contributed by atoms with van der Waals surface area (Å²) in [5.41, 5.74) is 4.09. The Bertz CT molecular complexity index is 633. The van der Waals surface area contributed by atoms with Gasteiger partial charge in [-0.05, 0) is 56.0 Å². The molecule has 0 aliphatic heterocycles. The maximum Gasteiger partial charge on any atom is 0.238 e. The number of benzene rings is 2. The van der Waals surface area contributed by atoms with Crippen molar-refractivity contribution < 1.29 is 4.79 Å². The van der Waals surface area contributed by atoms with Crippen LogP contribution in [0.2, 0.25) is 5.02 Å². The standard InChI is InChI=1S/C19H23ClN2O/c1-14-11-15(2)19(17(20)12-14)22-18(23)13-21-10-6-9-16-7-4-3-5-8-16/h3-5,7-8,11-12,21H,6,9-10,13H2,1-2H3,(H,22,23). The molecule has 23 heavy (non-hydrogen) atoms. The molecular weight excluding hydrogens is 308 g/mol. The van der Waals surface area contributed by atoms with Crippen molar-refractivity contribution in [3.63, 3.8) is 0 Å². The lowest BCUT2D eigenvalue weighted by Gasteiger charge is -2.12. The molecule has 0 heterocycles. The number of anilines is 1. The highest BCUT2D eigenvalue weighted by Crippen LogP contribution is 2.27. The molecule has 0 atom stereocenters. The first-order valence-electron chi connectivity index (χ1n) is 7.87. The molecule has 2 aromatic carbocycles. The fourth-order valence-corrected chi connectivity index (χ4v) is 2.89. The van der Waals surface area contributed by atoms with Gasteiger partial charge in [0.15, 0.2) is 0 Å². The van der Waals surface area contributed by atoms with Crippen LogP contribution in [-0.4, -0.2) is 19.0 Å². The van der Waals surface area contributed by atoms with Crippen LogP contribution in [0.5, 0.6) is 0 Å². The van der Waals surface area contributed by atoms with Crippen LogP contribution in [0.1, 0.15) is 23.1 Å². The van der Waals surface area contributed by atoms with E-state index in [1.807, 2.05) is 44.2 Å². The lowest BCUT2D eigenvalue weighted by atomic mass is 10.1. The zero-order valence-electron chi connectivity index (χ0n) is 13.7. The van der Waals surface area contributed by atoms with Gasteiger partial charge in [-0.2, -0.15) is 0 Å². The van der Waals surface area contributed by atoms with Crippen LogP contribution in [-0.2, 0) is 11.2 Å². The van der Waals surface area contributed by atoms with Crippen molar-refractivity contribution >= 4 is 23.2 Å². The minimum Gasteiger partial charge on any atom is -0.323 e. The number of hydrogen-bond donors (Lipinski definition) is 2. The van der Waals surface area contributed by atoms with Crippen LogP contribution in [0.25, 0.3) is 0 Å². The molecule has 0 aliphatic carbocycles. The summed E-state index contributed by atoms with van der Waals surface area (Å²) < 4.78 is 0. The van der Waals surface area contributed by atoms with Crippen molar-refractivity contribution in [2.24, 2.45) is 0 Å². The minimum absolute atomic E-state index is 0.0708. The summed E-state index contributed by atoms with van der Waals surface area (Å²) in [7, 11) is 0. The minimum atomic E-state index is -0.0708. The van der Waals surface area contributed by atoms with Gasteiger partial charge >= 0.3 is 0 Å². The number of hydrogen-bond acceptors (Lipinski definition) is 2. The molecule has 3 nitrogen and oxygen atoms in total. The molecule has 0 spiro atoms. The number of amides is 1. The lowest BCUT2D eigenvalue weighted by molar-refractivity contribution is -0.115. The topological polar surface area (TPSA) is 41.1 Å². The van der Waals surface area contributed by atoms with Crippen LogP contribution in [0, 0.1) is 13.8 Å². The summed E-state index contributed by atoms with van der Waals surface area (Å²) >= 11 is 6.20. The van der Waals surface area contributed by atoms with Crippen LogP contribution in [0.3, 0.4) is 0 Å². The van der Waals surface area contributed by atoms with E-state index in [0.717, 1.165) is 30.5 Å². The second kappa shape index (κ2) is 8.70. The SMILES string of the molecule is Cc1cc(C)c(NC(=O)CNCCCc2ccccc2)c(Cl)c1. The van der Waals surface area contributed by atoms with Crippen molar-refractivity contribution in [1.29, 1.82) is 0 Å². The second-order valence-corrected chi connectivity index (χ2v) is 6.16. The van der Waals surface area contributed by atoms with E-state index >= 15 is 0 Å². The molecule has 2 N–H and O–H groups in total.